The normalized spacial score (nSPS) is 16.6. The fraction of sp³-hybridized carbons (Fsp3) is 0.235. The lowest BCUT2D eigenvalue weighted by Gasteiger charge is -2.35. The molecule has 3 heterocycles. The Hall–Kier alpha value is -2.15. The lowest BCUT2D eigenvalue weighted by atomic mass is 10.0. The SMILES string of the molecule is NC1CN(CC=Cc2c(O)ccc3[nH]c(=O)c4sccc4c23)C1. The molecular weight excluding hydrogens is 310 g/mol. The van der Waals surface area contributed by atoms with Crippen molar-refractivity contribution in [3.63, 3.8) is 0 Å². The van der Waals surface area contributed by atoms with Crippen LogP contribution in [0.15, 0.2) is 34.4 Å². The summed E-state index contributed by atoms with van der Waals surface area (Å²) in [5.74, 6) is 0.216. The van der Waals surface area contributed by atoms with Crippen LogP contribution in [-0.2, 0) is 0 Å². The second-order valence-corrected chi connectivity index (χ2v) is 6.84. The van der Waals surface area contributed by atoms with E-state index < -0.39 is 0 Å². The number of hydrogen-bond donors (Lipinski definition) is 3. The summed E-state index contributed by atoms with van der Waals surface area (Å²) in [6, 6.07) is 5.58. The van der Waals surface area contributed by atoms with Crippen LogP contribution in [0.2, 0.25) is 0 Å². The van der Waals surface area contributed by atoms with Crippen LogP contribution in [0.1, 0.15) is 5.56 Å². The molecule has 1 fully saturated rings. The fourth-order valence-corrected chi connectivity index (χ4v) is 3.91. The van der Waals surface area contributed by atoms with E-state index in [0.29, 0.717) is 4.70 Å². The predicted octanol–water partition coefficient (Wildman–Crippen LogP) is 2.10. The third-order valence-corrected chi connectivity index (χ3v) is 5.16. The molecular formula is C17H17N3O2S. The quantitative estimate of drug-likeness (QED) is 0.688. The van der Waals surface area contributed by atoms with E-state index in [1.165, 1.54) is 11.3 Å². The zero-order valence-electron chi connectivity index (χ0n) is 12.5. The molecule has 0 atom stereocenters. The van der Waals surface area contributed by atoms with Gasteiger partial charge in [0.15, 0.2) is 0 Å². The summed E-state index contributed by atoms with van der Waals surface area (Å²) in [5, 5.41) is 14.0. The highest BCUT2D eigenvalue weighted by atomic mass is 32.1. The van der Waals surface area contributed by atoms with Gasteiger partial charge in [-0.2, -0.15) is 0 Å². The Morgan fingerprint density at radius 3 is 3.00 bits per heavy atom. The Morgan fingerprint density at radius 1 is 1.39 bits per heavy atom. The summed E-state index contributed by atoms with van der Waals surface area (Å²) < 4.78 is 0.687. The molecule has 118 valence electrons. The van der Waals surface area contributed by atoms with Gasteiger partial charge >= 0.3 is 0 Å². The van der Waals surface area contributed by atoms with Crippen molar-refractivity contribution in [2.45, 2.75) is 6.04 Å². The highest BCUT2D eigenvalue weighted by molar-refractivity contribution is 7.17. The van der Waals surface area contributed by atoms with E-state index in [-0.39, 0.29) is 17.4 Å². The number of nitrogens with one attached hydrogen (secondary N) is 1. The number of aromatic nitrogens is 1. The van der Waals surface area contributed by atoms with Crippen LogP contribution in [0.5, 0.6) is 5.75 Å². The molecule has 0 unspecified atom stereocenters. The van der Waals surface area contributed by atoms with Crippen molar-refractivity contribution in [2.75, 3.05) is 19.6 Å². The number of likely N-dealkylation sites (tertiary alicyclic amines) is 1. The molecule has 3 aromatic rings. The highest BCUT2D eigenvalue weighted by Gasteiger charge is 2.21. The summed E-state index contributed by atoms with van der Waals surface area (Å²) >= 11 is 1.41. The van der Waals surface area contributed by atoms with Gasteiger partial charge in [-0.25, -0.2) is 0 Å². The minimum atomic E-state index is -0.0855. The summed E-state index contributed by atoms with van der Waals surface area (Å²) in [5.41, 5.74) is 7.17. The van der Waals surface area contributed by atoms with Crippen LogP contribution in [-0.4, -0.2) is 40.7 Å². The number of nitrogens with zero attached hydrogens (tertiary/aromatic N) is 1. The molecule has 1 aliphatic rings. The van der Waals surface area contributed by atoms with Gasteiger partial charge in [0.05, 0.1) is 0 Å². The molecule has 23 heavy (non-hydrogen) atoms. The first-order chi connectivity index (χ1) is 11.1. The van der Waals surface area contributed by atoms with Gasteiger partial charge in [0.2, 0.25) is 0 Å². The van der Waals surface area contributed by atoms with Gasteiger partial charge in [-0.1, -0.05) is 12.2 Å². The van der Waals surface area contributed by atoms with Crippen molar-refractivity contribution in [2.24, 2.45) is 5.73 Å². The first-order valence-electron chi connectivity index (χ1n) is 7.53. The minimum Gasteiger partial charge on any atom is -0.507 e. The van der Waals surface area contributed by atoms with E-state index in [1.807, 2.05) is 23.6 Å². The molecule has 1 aromatic carbocycles. The topological polar surface area (TPSA) is 82.3 Å². The number of hydrogen-bond acceptors (Lipinski definition) is 5. The summed E-state index contributed by atoms with van der Waals surface area (Å²) in [6.45, 7) is 2.63. The summed E-state index contributed by atoms with van der Waals surface area (Å²) in [6.07, 6.45) is 3.96. The number of pyridine rings is 1. The average molecular weight is 327 g/mol. The van der Waals surface area contributed by atoms with E-state index >= 15 is 0 Å². The lowest BCUT2D eigenvalue weighted by Crippen LogP contribution is -2.55. The molecule has 4 N–H and O–H groups in total. The van der Waals surface area contributed by atoms with E-state index in [2.05, 4.69) is 9.88 Å². The molecule has 0 aliphatic carbocycles. The second-order valence-electron chi connectivity index (χ2n) is 5.92. The molecule has 0 saturated carbocycles. The summed E-state index contributed by atoms with van der Waals surface area (Å²) in [4.78, 5) is 17.2. The minimum absolute atomic E-state index is 0.0855. The maximum absolute atomic E-state index is 12.1. The van der Waals surface area contributed by atoms with Crippen LogP contribution in [0.4, 0.5) is 0 Å². The van der Waals surface area contributed by atoms with E-state index in [4.69, 9.17) is 5.73 Å². The number of aromatic amines is 1. The van der Waals surface area contributed by atoms with Crippen molar-refractivity contribution in [3.8, 4) is 5.75 Å². The maximum atomic E-state index is 12.1. The van der Waals surface area contributed by atoms with Gasteiger partial charge < -0.3 is 15.8 Å². The van der Waals surface area contributed by atoms with Gasteiger partial charge in [-0.3, -0.25) is 9.69 Å². The zero-order chi connectivity index (χ0) is 16.0. The highest BCUT2D eigenvalue weighted by Crippen LogP contribution is 2.33. The molecule has 0 radical (unpaired) electrons. The number of benzene rings is 1. The van der Waals surface area contributed by atoms with Crippen LogP contribution < -0.4 is 11.3 Å². The number of phenols is 1. The van der Waals surface area contributed by atoms with Gasteiger partial charge in [-0.05, 0) is 23.6 Å². The fourth-order valence-electron chi connectivity index (χ4n) is 3.11. The first kappa shape index (κ1) is 14.4. The number of thiophene rings is 1. The number of nitrogens with two attached hydrogens (primary N) is 1. The Morgan fingerprint density at radius 2 is 2.22 bits per heavy atom. The molecule has 4 rings (SSSR count). The van der Waals surface area contributed by atoms with Crippen molar-refractivity contribution in [1.29, 1.82) is 0 Å². The lowest BCUT2D eigenvalue weighted by molar-refractivity contribution is 0.170. The van der Waals surface area contributed by atoms with Crippen molar-refractivity contribution < 1.29 is 5.11 Å². The number of aromatic hydroxyl groups is 1. The van der Waals surface area contributed by atoms with Gasteiger partial charge in [0.1, 0.15) is 10.4 Å². The Balaban J connectivity index is 1.81. The van der Waals surface area contributed by atoms with Crippen molar-refractivity contribution in [3.05, 3.63) is 45.6 Å². The third kappa shape index (κ3) is 2.45. The smallest absolute Gasteiger partial charge is 0.266 e. The molecule has 0 bridgehead atoms. The Bertz CT molecular complexity index is 967. The van der Waals surface area contributed by atoms with E-state index in [1.54, 1.807) is 12.1 Å². The van der Waals surface area contributed by atoms with Gasteiger partial charge in [0.25, 0.3) is 5.56 Å². The Kier molecular flexibility index (Phi) is 3.45. The number of fused-ring (bicyclic) bond motifs is 3. The first-order valence-corrected chi connectivity index (χ1v) is 8.41. The Labute approximate surface area is 136 Å². The average Bonchev–Trinajstić information content (AvgIpc) is 2.98. The molecule has 2 aromatic heterocycles. The molecule has 1 aliphatic heterocycles. The number of phenolic OH excluding ortho intramolecular Hbond substituents is 1. The monoisotopic (exact) mass is 327 g/mol. The summed E-state index contributed by atoms with van der Waals surface area (Å²) in [7, 11) is 0. The van der Waals surface area contributed by atoms with Crippen LogP contribution in [0, 0.1) is 0 Å². The van der Waals surface area contributed by atoms with E-state index in [9.17, 15) is 9.90 Å². The molecule has 6 heteroatoms. The predicted molar refractivity (Wildman–Crippen MR) is 95.1 cm³/mol. The molecule has 0 amide bonds. The van der Waals surface area contributed by atoms with Crippen molar-refractivity contribution >= 4 is 38.4 Å². The molecule has 5 nitrogen and oxygen atoms in total. The van der Waals surface area contributed by atoms with Crippen LogP contribution >= 0.6 is 11.3 Å². The number of H-pyrrole nitrogens is 1. The van der Waals surface area contributed by atoms with Gasteiger partial charge in [0, 0.05) is 47.5 Å². The largest absolute Gasteiger partial charge is 0.507 e. The van der Waals surface area contributed by atoms with Gasteiger partial charge in [-0.15, -0.1) is 11.3 Å². The van der Waals surface area contributed by atoms with Crippen LogP contribution in [0.3, 0.4) is 0 Å². The maximum Gasteiger partial charge on any atom is 0.266 e. The zero-order valence-corrected chi connectivity index (χ0v) is 13.3. The standard InChI is InChI=1S/C17H17N3O2S/c18-10-8-20(9-10)6-1-2-11-14(21)4-3-13-15(11)12-5-7-23-16(12)17(22)19-13/h1-5,7,10,21H,6,8-9,18H2,(H,19,22). The molecule has 1 saturated heterocycles. The second kappa shape index (κ2) is 5.49. The van der Waals surface area contributed by atoms with E-state index in [0.717, 1.165) is 41.5 Å². The van der Waals surface area contributed by atoms with Crippen LogP contribution in [0.25, 0.3) is 27.1 Å². The van der Waals surface area contributed by atoms with Crippen molar-refractivity contribution in [1.82, 2.24) is 9.88 Å². The molecule has 0 spiro atoms. The third-order valence-electron chi connectivity index (χ3n) is 4.25. The number of rotatable bonds is 3.